The van der Waals surface area contributed by atoms with E-state index in [9.17, 15) is 4.79 Å². The average molecular weight is 368 g/mol. The first-order valence-electron chi connectivity index (χ1n) is 8.43. The van der Waals surface area contributed by atoms with Crippen molar-refractivity contribution in [3.05, 3.63) is 64.9 Å². The molecule has 0 aliphatic rings. The molecule has 3 aromatic rings. The monoisotopic (exact) mass is 368 g/mol. The summed E-state index contributed by atoms with van der Waals surface area (Å²) in [6.07, 6.45) is 4.29. The third-order valence-electron chi connectivity index (χ3n) is 3.66. The molecule has 1 aromatic carbocycles. The quantitative estimate of drug-likeness (QED) is 0.616. The van der Waals surface area contributed by atoms with Crippen molar-refractivity contribution in [1.29, 1.82) is 0 Å². The van der Waals surface area contributed by atoms with Gasteiger partial charge < -0.3 is 10.1 Å². The van der Waals surface area contributed by atoms with E-state index in [2.05, 4.69) is 27.2 Å². The van der Waals surface area contributed by atoms with Crippen LogP contribution in [-0.4, -0.2) is 27.5 Å². The van der Waals surface area contributed by atoms with E-state index in [0.29, 0.717) is 29.7 Å². The number of nitrogens with one attached hydrogen (secondary N) is 1. The fourth-order valence-corrected chi connectivity index (χ4v) is 3.10. The predicted octanol–water partition coefficient (Wildman–Crippen LogP) is 3.46. The van der Waals surface area contributed by atoms with Gasteiger partial charge in [-0.3, -0.25) is 4.79 Å². The van der Waals surface area contributed by atoms with Crippen molar-refractivity contribution in [2.45, 2.75) is 26.5 Å². The molecule has 0 fully saturated rings. The van der Waals surface area contributed by atoms with Crippen LogP contribution >= 0.6 is 11.3 Å². The SMILES string of the molecule is CCCOCc1ccccc1CNC(=O)c1csc(-c2ncccn2)n1. The maximum atomic E-state index is 12.4. The van der Waals surface area contributed by atoms with Gasteiger partial charge in [0, 0.05) is 30.9 Å². The van der Waals surface area contributed by atoms with E-state index < -0.39 is 0 Å². The van der Waals surface area contributed by atoms with Crippen LogP contribution in [0.2, 0.25) is 0 Å². The molecule has 7 heteroatoms. The van der Waals surface area contributed by atoms with Crippen LogP contribution in [0.5, 0.6) is 0 Å². The largest absolute Gasteiger partial charge is 0.377 e. The molecule has 0 saturated carbocycles. The van der Waals surface area contributed by atoms with Gasteiger partial charge in [0.2, 0.25) is 0 Å². The highest BCUT2D eigenvalue weighted by Crippen LogP contribution is 2.19. The average Bonchev–Trinajstić information content (AvgIpc) is 3.18. The second-order valence-electron chi connectivity index (χ2n) is 5.61. The molecule has 0 unspecified atom stereocenters. The molecular weight excluding hydrogens is 348 g/mol. The Bertz CT molecular complexity index is 852. The van der Waals surface area contributed by atoms with Gasteiger partial charge >= 0.3 is 0 Å². The van der Waals surface area contributed by atoms with Crippen LogP contribution in [0.3, 0.4) is 0 Å². The van der Waals surface area contributed by atoms with Crippen LogP contribution in [0, 0.1) is 0 Å². The molecule has 6 nitrogen and oxygen atoms in total. The molecule has 0 spiro atoms. The third kappa shape index (κ3) is 4.71. The molecule has 2 aromatic heterocycles. The van der Waals surface area contributed by atoms with Crippen molar-refractivity contribution < 1.29 is 9.53 Å². The number of hydrogen-bond acceptors (Lipinski definition) is 6. The Kier molecular flexibility index (Phi) is 6.40. The molecule has 0 aliphatic heterocycles. The number of thiazole rings is 1. The van der Waals surface area contributed by atoms with Crippen molar-refractivity contribution in [1.82, 2.24) is 20.3 Å². The summed E-state index contributed by atoms with van der Waals surface area (Å²) in [7, 11) is 0. The Morgan fingerprint density at radius 3 is 2.69 bits per heavy atom. The fourth-order valence-electron chi connectivity index (χ4n) is 2.35. The minimum Gasteiger partial charge on any atom is -0.377 e. The van der Waals surface area contributed by atoms with Gasteiger partial charge in [-0.05, 0) is 23.6 Å². The van der Waals surface area contributed by atoms with Gasteiger partial charge in [0.1, 0.15) is 5.69 Å². The normalized spacial score (nSPS) is 10.7. The third-order valence-corrected chi connectivity index (χ3v) is 4.50. The number of nitrogens with zero attached hydrogens (tertiary/aromatic N) is 3. The standard InChI is InChI=1S/C19H20N4O2S/c1-2-10-25-12-15-7-4-3-6-14(15)11-22-18(24)16-13-26-19(23-16)17-20-8-5-9-21-17/h3-9,13H,2,10-12H2,1H3,(H,22,24). The minimum atomic E-state index is -0.215. The summed E-state index contributed by atoms with van der Waals surface area (Å²) in [5.74, 6) is 0.308. The number of rotatable bonds is 8. The van der Waals surface area contributed by atoms with Gasteiger partial charge in [-0.2, -0.15) is 0 Å². The Morgan fingerprint density at radius 1 is 1.15 bits per heavy atom. The summed E-state index contributed by atoms with van der Waals surface area (Å²) in [6.45, 7) is 3.78. The number of carbonyl (C=O) groups excluding carboxylic acids is 1. The van der Waals surface area contributed by atoms with Crippen LogP contribution < -0.4 is 5.32 Å². The number of carbonyl (C=O) groups is 1. The van der Waals surface area contributed by atoms with Crippen LogP contribution in [0.15, 0.2) is 48.1 Å². The summed E-state index contributed by atoms with van der Waals surface area (Å²) in [5.41, 5.74) is 2.49. The van der Waals surface area contributed by atoms with Gasteiger partial charge in [-0.25, -0.2) is 15.0 Å². The number of benzene rings is 1. The van der Waals surface area contributed by atoms with Crippen LogP contribution in [-0.2, 0) is 17.9 Å². The van der Waals surface area contributed by atoms with Crippen molar-refractivity contribution in [2.75, 3.05) is 6.61 Å². The Labute approximate surface area is 156 Å². The molecule has 26 heavy (non-hydrogen) atoms. The molecule has 0 bridgehead atoms. The Hall–Kier alpha value is -2.64. The molecule has 3 rings (SSSR count). The lowest BCUT2D eigenvalue weighted by atomic mass is 10.1. The molecule has 0 atom stereocenters. The second kappa shape index (κ2) is 9.17. The summed E-state index contributed by atoms with van der Waals surface area (Å²) in [5, 5.41) is 5.27. The van der Waals surface area contributed by atoms with E-state index in [1.807, 2.05) is 24.3 Å². The molecule has 0 saturated heterocycles. The summed E-state index contributed by atoms with van der Waals surface area (Å²) >= 11 is 1.35. The lowest BCUT2D eigenvalue weighted by Gasteiger charge is -2.10. The maximum Gasteiger partial charge on any atom is 0.271 e. The zero-order valence-corrected chi connectivity index (χ0v) is 15.3. The molecule has 0 aliphatic carbocycles. The van der Waals surface area contributed by atoms with E-state index in [1.165, 1.54) is 11.3 Å². The molecule has 134 valence electrons. The smallest absolute Gasteiger partial charge is 0.271 e. The van der Waals surface area contributed by atoms with E-state index in [-0.39, 0.29) is 5.91 Å². The second-order valence-corrected chi connectivity index (χ2v) is 6.47. The molecule has 0 radical (unpaired) electrons. The topological polar surface area (TPSA) is 77.0 Å². The lowest BCUT2D eigenvalue weighted by molar-refractivity contribution is 0.0945. The number of ether oxygens (including phenoxy) is 1. The number of aromatic nitrogens is 3. The Balaban J connectivity index is 1.62. The van der Waals surface area contributed by atoms with Crippen molar-refractivity contribution in [2.24, 2.45) is 0 Å². The van der Waals surface area contributed by atoms with Gasteiger partial charge in [0.15, 0.2) is 10.8 Å². The van der Waals surface area contributed by atoms with E-state index in [4.69, 9.17) is 4.74 Å². The van der Waals surface area contributed by atoms with Gasteiger partial charge in [-0.1, -0.05) is 31.2 Å². The first kappa shape index (κ1) is 18.2. The predicted molar refractivity (Wildman–Crippen MR) is 101 cm³/mol. The van der Waals surface area contributed by atoms with Crippen molar-refractivity contribution >= 4 is 17.2 Å². The molecule has 1 amide bonds. The summed E-state index contributed by atoms with van der Waals surface area (Å²) < 4.78 is 5.62. The van der Waals surface area contributed by atoms with Gasteiger partial charge in [0.05, 0.1) is 6.61 Å². The number of hydrogen-bond donors (Lipinski definition) is 1. The van der Waals surface area contributed by atoms with Crippen LogP contribution in [0.1, 0.15) is 35.0 Å². The van der Waals surface area contributed by atoms with Gasteiger partial charge in [0.25, 0.3) is 5.91 Å². The molecule has 2 heterocycles. The van der Waals surface area contributed by atoms with E-state index >= 15 is 0 Å². The minimum absolute atomic E-state index is 0.215. The summed E-state index contributed by atoms with van der Waals surface area (Å²) in [4.78, 5) is 25.0. The molecule has 1 N–H and O–H groups in total. The lowest BCUT2D eigenvalue weighted by Crippen LogP contribution is -2.23. The first-order valence-corrected chi connectivity index (χ1v) is 9.31. The first-order chi connectivity index (χ1) is 12.8. The zero-order chi connectivity index (χ0) is 18.2. The highest BCUT2D eigenvalue weighted by molar-refractivity contribution is 7.13. The summed E-state index contributed by atoms with van der Waals surface area (Å²) in [6, 6.07) is 9.69. The van der Waals surface area contributed by atoms with Crippen molar-refractivity contribution in [3.63, 3.8) is 0 Å². The fraction of sp³-hybridized carbons (Fsp3) is 0.263. The highest BCUT2D eigenvalue weighted by Gasteiger charge is 2.13. The van der Waals surface area contributed by atoms with Crippen LogP contribution in [0.25, 0.3) is 10.8 Å². The zero-order valence-electron chi connectivity index (χ0n) is 14.5. The van der Waals surface area contributed by atoms with Crippen molar-refractivity contribution in [3.8, 4) is 10.8 Å². The Morgan fingerprint density at radius 2 is 1.92 bits per heavy atom. The van der Waals surface area contributed by atoms with E-state index in [1.54, 1.807) is 23.8 Å². The van der Waals surface area contributed by atoms with Crippen LogP contribution in [0.4, 0.5) is 0 Å². The van der Waals surface area contributed by atoms with Gasteiger partial charge in [-0.15, -0.1) is 11.3 Å². The van der Waals surface area contributed by atoms with E-state index in [0.717, 1.165) is 24.2 Å². The highest BCUT2D eigenvalue weighted by atomic mass is 32.1. The molecular formula is C19H20N4O2S. The number of amides is 1. The maximum absolute atomic E-state index is 12.4.